The van der Waals surface area contributed by atoms with Gasteiger partial charge in [-0.2, -0.15) is 0 Å². The van der Waals surface area contributed by atoms with Crippen LogP contribution in [-0.4, -0.2) is 48.1 Å². The number of hydrogen-bond donors (Lipinski definition) is 1. The quantitative estimate of drug-likeness (QED) is 0.474. The lowest BCUT2D eigenvalue weighted by Gasteiger charge is -2.30. The molecule has 1 N–H and O–H groups in total. The molecule has 1 aromatic carbocycles. The van der Waals surface area contributed by atoms with Gasteiger partial charge in [0, 0.05) is 32.8 Å². The van der Waals surface area contributed by atoms with Crippen molar-refractivity contribution in [1.82, 2.24) is 4.90 Å². The topological polar surface area (TPSA) is 59.0 Å². The summed E-state index contributed by atoms with van der Waals surface area (Å²) in [5.74, 6) is 1.59. The summed E-state index contributed by atoms with van der Waals surface area (Å²) in [5.41, 5.74) is 0.812. The van der Waals surface area contributed by atoms with Crippen molar-refractivity contribution in [3.05, 3.63) is 23.8 Å². The van der Waals surface area contributed by atoms with Crippen LogP contribution in [0.15, 0.2) is 18.2 Å². The Kier molecular flexibility index (Phi) is 9.01. The van der Waals surface area contributed by atoms with E-state index in [9.17, 15) is 9.90 Å². The van der Waals surface area contributed by atoms with Gasteiger partial charge in [0.2, 0.25) is 0 Å². The van der Waals surface area contributed by atoms with E-state index < -0.39 is 6.10 Å². The zero-order chi connectivity index (χ0) is 21.3. The first-order valence-electron chi connectivity index (χ1n) is 11.9. The van der Waals surface area contributed by atoms with E-state index in [4.69, 9.17) is 9.47 Å². The summed E-state index contributed by atoms with van der Waals surface area (Å²) in [6, 6.07) is 6.19. The summed E-state index contributed by atoms with van der Waals surface area (Å²) < 4.78 is 11.3. The third kappa shape index (κ3) is 6.45. The third-order valence-corrected chi connectivity index (χ3v) is 6.56. The number of carbonyl (C=O) groups is 1. The van der Waals surface area contributed by atoms with Crippen molar-refractivity contribution < 1.29 is 20.8 Å². The molecule has 2 heterocycles. The molecule has 2 aliphatic rings. The lowest BCUT2D eigenvalue weighted by Crippen LogP contribution is -2.35. The van der Waals surface area contributed by atoms with Crippen molar-refractivity contribution in [3.8, 4) is 11.5 Å². The molecule has 0 amide bonds. The number of benzene rings is 1. The second-order valence-corrected chi connectivity index (χ2v) is 9.00. The van der Waals surface area contributed by atoms with Crippen LogP contribution in [0.5, 0.6) is 11.5 Å². The molecule has 0 unspecified atom stereocenters. The third-order valence-electron chi connectivity index (χ3n) is 6.56. The molecule has 0 saturated carbocycles. The summed E-state index contributed by atoms with van der Waals surface area (Å²) in [4.78, 5) is 15.2. The average Bonchev–Trinajstić information content (AvgIpc) is 3.16. The summed E-state index contributed by atoms with van der Waals surface area (Å²) in [7, 11) is 0. The number of ketones is 1. The molecule has 5 heteroatoms. The zero-order valence-corrected chi connectivity index (χ0v) is 18.8. The van der Waals surface area contributed by atoms with Gasteiger partial charge in [0.15, 0.2) is 11.5 Å². The SMILES string of the molecule is CCCCCCCC(=O)C[C@H](CN1CCC[C@@H]1C)[C@@H](O)c1ccc2c(c1)OCCO2.[HH]. The molecular formula is C25H41NO4. The Morgan fingerprint density at radius 1 is 1.20 bits per heavy atom. The van der Waals surface area contributed by atoms with Gasteiger partial charge >= 0.3 is 0 Å². The molecule has 0 bridgehead atoms. The maximum absolute atomic E-state index is 12.7. The van der Waals surface area contributed by atoms with Gasteiger partial charge in [0.1, 0.15) is 19.0 Å². The van der Waals surface area contributed by atoms with Gasteiger partial charge < -0.3 is 19.5 Å². The largest absolute Gasteiger partial charge is 0.486 e. The molecule has 3 rings (SSSR count). The highest BCUT2D eigenvalue weighted by Gasteiger charge is 2.30. The van der Waals surface area contributed by atoms with Crippen LogP contribution in [0.3, 0.4) is 0 Å². The molecule has 2 aliphatic heterocycles. The Hall–Kier alpha value is -1.59. The van der Waals surface area contributed by atoms with Crippen LogP contribution >= 0.6 is 0 Å². The highest BCUT2D eigenvalue weighted by atomic mass is 16.6. The summed E-state index contributed by atoms with van der Waals surface area (Å²) in [6.07, 6.45) is 8.52. The van der Waals surface area contributed by atoms with Crippen molar-refractivity contribution in [2.75, 3.05) is 26.3 Å². The molecule has 170 valence electrons. The van der Waals surface area contributed by atoms with Crippen LogP contribution in [0.2, 0.25) is 0 Å². The van der Waals surface area contributed by atoms with Gasteiger partial charge in [0.25, 0.3) is 0 Å². The van der Waals surface area contributed by atoms with Crippen molar-refractivity contribution in [2.24, 2.45) is 5.92 Å². The highest BCUT2D eigenvalue weighted by Crippen LogP contribution is 2.36. The summed E-state index contributed by atoms with van der Waals surface area (Å²) >= 11 is 0. The predicted octanol–water partition coefficient (Wildman–Crippen LogP) is 5.16. The number of Topliss-reactive ketones (excluding diaryl/α,β-unsaturated/α-hetero) is 1. The Balaban J connectivity index is 0.00000341. The first-order chi connectivity index (χ1) is 14.6. The van der Waals surface area contributed by atoms with Crippen LogP contribution in [-0.2, 0) is 4.79 Å². The van der Waals surface area contributed by atoms with Gasteiger partial charge in [-0.3, -0.25) is 4.79 Å². The number of rotatable bonds is 12. The fourth-order valence-corrected chi connectivity index (χ4v) is 4.68. The van der Waals surface area contributed by atoms with Crippen molar-refractivity contribution in [3.63, 3.8) is 0 Å². The fourth-order valence-electron chi connectivity index (χ4n) is 4.68. The number of nitrogens with zero attached hydrogens (tertiary/aromatic N) is 1. The van der Waals surface area contributed by atoms with E-state index in [-0.39, 0.29) is 13.1 Å². The summed E-state index contributed by atoms with van der Waals surface area (Å²) in [5, 5.41) is 11.2. The fraction of sp³-hybridized carbons (Fsp3) is 0.720. The first-order valence-corrected chi connectivity index (χ1v) is 11.9. The highest BCUT2D eigenvalue weighted by molar-refractivity contribution is 5.78. The molecule has 1 fully saturated rings. The van der Waals surface area contributed by atoms with Gasteiger partial charge in [-0.25, -0.2) is 0 Å². The van der Waals surface area contributed by atoms with E-state index >= 15 is 0 Å². The standard InChI is InChI=1S/C25H39NO4.H2/c1-3-4-5-6-7-10-22(27)16-21(18-26-13-8-9-19(26)2)25(28)20-11-12-23-24(17-20)30-15-14-29-23;/h11-12,17,19,21,25,28H,3-10,13-16,18H2,1-2H3;1H/t19-,21+,25-;/m0./s1. The molecule has 0 aromatic heterocycles. The van der Waals surface area contributed by atoms with E-state index in [1.54, 1.807) is 0 Å². The van der Waals surface area contributed by atoms with Crippen LogP contribution in [0.25, 0.3) is 0 Å². The minimum atomic E-state index is -0.683. The average molecular weight is 420 g/mol. The zero-order valence-electron chi connectivity index (χ0n) is 18.8. The monoisotopic (exact) mass is 419 g/mol. The van der Waals surface area contributed by atoms with E-state index in [1.807, 2.05) is 18.2 Å². The van der Waals surface area contributed by atoms with Crippen LogP contribution in [0.4, 0.5) is 0 Å². The minimum absolute atomic E-state index is 0. The van der Waals surface area contributed by atoms with Crippen LogP contribution in [0, 0.1) is 5.92 Å². The Labute approximate surface area is 183 Å². The number of hydrogen-bond acceptors (Lipinski definition) is 5. The molecular weight excluding hydrogens is 378 g/mol. The van der Waals surface area contributed by atoms with E-state index in [0.29, 0.717) is 37.8 Å². The Morgan fingerprint density at radius 3 is 2.70 bits per heavy atom. The number of aliphatic hydroxyl groups is 1. The number of fused-ring (bicyclic) bond motifs is 1. The molecule has 5 nitrogen and oxygen atoms in total. The predicted molar refractivity (Wildman–Crippen MR) is 121 cm³/mol. The van der Waals surface area contributed by atoms with Gasteiger partial charge in [0.05, 0.1) is 6.10 Å². The number of carbonyl (C=O) groups excluding carboxylic acids is 1. The van der Waals surface area contributed by atoms with E-state index in [0.717, 1.165) is 37.2 Å². The smallest absolute Gasteiger partial charge is 0.161 e. The lowest BCUT2D eigenvalue weighted by atomic mass is 9.89. The number of likely N-dealkylation sites (tertiary alicyclic amines) is 1. The second-order valence-electron chi connectivity index (χ2n) is 9.00. The molecule has 0 aliphatic carbocycles. The summed E-state index contributed by atoms with van der Waals surface area (Å²) in [6.45, 7) is 7.34. The molecule has 3 atom stereocenters. The number of unbranched alkanes of at least 4 members (excludes halogenated alkanes) is 4. The van der Waals surface area contributed by atoms with Crippen LogP contribution < -0.4 is 9.47 Å². The molecule has 1 saturated heterocycles. The Bertz CT molecular complexity index is 683. The van der Waals surface area contributed by atoms with Crippen molar-refractivity contribution >= 4 is 5.78 Å². The van der Waals surface area contributed by atoms with E-state index in [2.05, 4.69) is 18.7 Å². The molecule has 0 radical (unpaired) electrons. The maximum atomic E-state index is 12.7. The number of aliphatic hydroxyl groups excluding tert-OH is 1. The normalized spacial score (nSPS) is 20.8. The Morgan fingerprint density at radius 2 is 1.97 bits per heavy atom. The van der Waals surface area contributed by atoms with Gasteiger partial charge in [-0.1, -0.05) is 38.7 Å². The maximum Gasteiger partial charge on any atom is 0.161 e. The van der Waals surface area contributed by atoms with E-state index in [1.165, 1.54) is 32.1 Å². The second kappa shape index (κ2) is 11.7. The van der Waals surface area contributed by atoms with Crippen molar-refractivity contribution in [1.29, 1.82) is 0 Å². The molecule has 1 aromatic rings. The van der Waals surface area contributed by atoms with Crippen LogP contribution in [0.1, 0.15) is 84.7 Å². The molecule has 0 spiro atoms. The van der Waals surface area contributed by atoms with Gasteiger partial charge in [-0.05, 0) is 50.4 Å². The number of ether oxygens (including phenoxy) is 2. The molecule has 30 heavy (non-hydrogen) atoms. The lowest BCUT2D eigenvalue weighted by molar-refractivity contribution is -0.121. The van der Waals surface area contributed by atoms with Gasteiger partial charge in [-0.15, -0.1) is 0 Å². The minimum Gasteiger partial charge on any atom is -0.486 e. The van der Waals surface area contributed by atoms with Crippen molar-refractivity contribution in [2.45, 2.75) is 83.8 Å². The first kappa shape index (κ1) is 23.1.